The molecule has 0 bridgehead atoms. The Kier molecular flexibility index (Phi) is 8.66. The summed E-state index contributed by atoms with van der Waals surface area (Å²) in [7, 11) is 0. The number of nitrogens with zero attached hydrogens (tertiary/aromatic N) is 1. The number of halogens is 2. The predicted octanol–water partition coefficient (Wildman–Crippen LogP) is 3.43. The number of amides is 1. The van der Waals surface area contributed by atoms with Crippen LogP contribution in [-0.4, -0.2) is 54.3 Å². The lowest BCUT2D eigenvalue weighted by molar-refractivity contribution is -0.114. The van der Waals surface area contributed by atoms with Crippen LogP contribution in [0.5, 0.6) is 5.75 Å². The number of rotatable bonds is 9. The third-order valence-electron chi connectivity index (χ3n) is 5.23. The van der Waals surface area contributed by atoms with E-state index in [1.165, 1.54) is 30.7 Å². The molecule has 168 valence electrons. The maximum atomic E-state index is 13.5. The van der Waals surface area contributed by atoms with Crippen LogP contribution in [0.2, 0.25) is 5.02 Å². The summed E-state index contributed by atoms with van der Waals surface area (Å²) in [5.41, 5.74) is 1.63. The number of hydrogen-bond donors (Lipinski definition) is 3. The lowest BCUT2D eigenvalue weighted by Gasteiger charge is -2.33. The standard InChI is InChI=1S/C23H29ClFN3O3/c1-16(29)27-22-7-6-19(25)12-23(22)31-15-21(30)13-26-20-8-10-28(11-9-20)14-17-2-4-18(24)5-3-17/h2-7,12,20-21,26,30H,8-11,13-15H2,1H3,(H,27,29). The first-order chi connectivity index (χ1) is 14.9. The third-order valence-corrected chi connectivity index (χ3v) is 5.49. The van der Waals surface area contributed by atoms with Gasteiger partial charge in [0, 0.05) is 37.1 Å². The van der Waals surface area contributed by atoms with Crippen molar-refractivity contribution in [3.63, 3.8) is 0 Å². The van der Waals surface area contributed by atoms with Gasteiger partial charge in [0.25, 0.3) is 0 Å². The third kappa shape index (κ3) is 7.78. The molecule has 0 saturated carbocycles. The maximum absolute atomic E-state index is 13.5. The summed E-state index contributed by atoms with van der Waals surface area (Å²) in [5, 5.41) is 17.0. The molecule has 1 heterocycles. The molecule has 0 aliphatic carbocycles. The number of aliphatic hydroxyl groups excluding tert-OH is 1. The molecule has 3 rings (SSSR count). The van der Waals surface area contributed by atoms with E-state index in [0.29, 0.717) is 18.3 Å². The molecule has 2 aromatic rings. The average Bonchev–Trinajstić information content (AvgIpc) is 2.74. The monoisotopic (exact) mass is 449 g/mol. The first kappa shape index (κ1) is 23.5. The van der Waals surface area contributed by atoms with Gasteiger partial charge in [-0.15, -0.1) is 0 Å². The van der Waals surface area contributed by atoms with Gasteiger partial charge >= 0.3 is 0 Å². The van der Waals surface area contributed by atoms with E-state index in [1.54, 1.807) is 0 Å². The van der Waals surface area contributed by atoms with Crippen molar-refractivity contribution in [1.82, 2.24) is 10.2 Å². The molecular weight excluding hydrogens is 421 g/mol. The highest BCUT2D eigenvalue weighted by molar-refractivity contribution is 6.30. The molecule has 0 spiro atoms. The smallest absolute Gasteiger partial charge is 0.221 e. The minimum Gasteiger partial charge on any atom is -0.489 e. The van der Waals surface area contributed by atoms with Gasteiger partial charge in [0.15, 0.2) is 0 Å². The molecule has 0 aromatic heterocycles. The maximum Gasteiger partial charge on any atom is 0.221 e. The number of anilines is 1. The first-order valence-electron chi connectivity index (χ1n) is 10.5. The number of carbonyl (C=O) groups is 1. The van der Waals surface area contributed by atoms with Gasteiger partial charge < -0.3 is 20.5 Å². The number of likely N-dealkylation sites (tertiary alicyclic amines) is 1. The van der Waals surface area contributed by atoms with E-state index in [2.05, 4.69) is 27.7 Å². The van der Waals surface area contributed by atoms with Crippen LogP contribution in [0.4, 0.5) is 10.1 Å². The van der Waals surface area contributed by atoms with Gasteiger partial charge in [0.1, 0.15) is 24.3 Å². The summed E-state index contributed by atoms with van der Waals surface area (Å²) in [6.45, 7) is 4.62. The van der Waals surface area contributed by atoms with E-state index >= 15 is 0 Å². The van der Waals surface area contributed by atoms with Gasteiger partial charge in [-0.2, -0.15) is 0 Å². The number of nitrogens with one attached hydrogen (secondary N) is 2. The summed E-state index contributed by atoms with van der Waals surface area (Å²) in [5.74, 6) is -0.548. The molecule has 1 aliphatic heterocycles. The molecular formula is C23H29ClFN3O3. The molecule has 1 fully saturated rings. The Morgan fingerprint density at radius 2 is 1.97 bits per heavy atom. The van der Waals surface area contributed by atoms with Gasteiger partial charge in [-0.3, -0.25) is 9.69 Å². The zero-order valence-corrected chi connectivity index (χ0v) is 18.4. The van der Waals surface area contributed by atoms with Crippen molar-refractivity contribution in [1.29, 1.82) is 0 Å². The van der Waals surface area contributed by atoms with Crippen LogP contribution >= 0.6 is 11.6 Å². The molecule has 1 unspecified atom stereocenters. The van der Waals surface area contributed by atoms with Crippen LogP contribution in [0, 0.1) is 5.82 Å². The molecule has 1 amide bonds. The van der Waals surface area contributed by atoms with E-state index < -0.39 is 11.9 Å². The second kappa shape index (κ2) is 11.4. The van der Waals surface area contributed by atoms with Crippen LogP contribution in [0.3, 0.4) is 0 Å². The van der Waals surface area contributed by atoms with Crippen LogP contribution < -0.4 is 15.4 Å². The largest absolute Gasteiger partial charge is 0.489 e. The highest BCUT2D eigenvalue weighted by Gasteiger charge is 2.20. The van der Waals surface area contributed by atoms with Crippen LogP contribution in [0.1, 0.15) is 25.3 Å². The van der Waals surface area contributed by atoms with Gasteiger partial charge in [0.2, 0.25) is 5.91 Å². The van der Waals surface area contributed by atoms with Crippen molar-refractivity contribution < 1.29 is 19.0 Å². The Bertz CT molecular complexity index is 858. The summed E-state index contributed by atoms with van der Waals surface area (Å²) >= 11 is 5.94. The lowest BCUT2D eigenvalue weighted by atomic mass is 10.0. The second-order valence-corrected chi connectivity index (χ2v) is 8.31. The Balaban J connectivity index is 1.38. The van der Waals surface area contributed by atoms with E-state index in [-0.39, 0.29) is 18.3 Å². The first-order valence-corrected chi connectivity index (χ1v) is 10.8. The molecule has 1 atom stereocenters. The Morgan fingerprint density at radius 3 is 2.65 bits per heavy atom. The number of piperidine rings is 1. The summed E-state index contributed by atoms with van der Waals surface area (Å²) < 4.78 is 19.1. The van der Waals surface area contributed by atoms with Crippen molar-refractivity contribution in [2.75, 3.05) is 31.6 Å². The van der Waals surface area contributed by atoms with Crippen molar-refractivity contribution in [3.8, 4) is 5.75 Å². The Morgan fingerprint density at radius 1 is 1.26 bits per heavy atom. The minimum atomic E-state index is -0.749. The topological polar surface area (TPSA) is 73.8 Å². The minimum absolute atomic E-state index is 0.00154. The molecule has 1 saturated heterocycles. The molecule has 6 nitrogen and oxygen atoms in total. The highest BCUT2D eigenvalue weighted by Crippen LogP contribution is 2.25. The molecule has 8 heteroatoms. The normalized spacial score (nSPS) is 16.1. The van der Waals surface area contributed by atoms with Crippen molar-refractivity contribution in [3.05, 3.63) is 58.9 Å². The van der Waals surface area contributed by atoms with Crippen LogP contribution in [0.25, 0.3) is 0 Å². The Labute approximate surface area is 187 Å². The molecule has 2 aromatic carbocycles. The van der Waals surface area contributed by atoms with Gasteiger partial charge in [-0.05, 0) is 55.8 Å². The zero-order chi connectivity index (χ0) is 22.2. The predicted molar refractivity (Wildman–Crippen MR) is 120 cm³/mol. The van der Waals surface area contributed by atoms with E-state index in [0.717, 1.165) is 37.5 Å². The quantitative estimate of drug-likeness (QED) is 0.547. The summed E-state index contributed by atoms with van der Waals surface area (Å²) in [6, 6.07) is 12.2. The van der Waals surface area contributed by atoms with Gasteiger partial charge in [-0.25, -0.2) is 4.39 Å². The Hall–Kier alpha value is -2.19. The molecule has 3 N–H and O–H groups in total. The fraction of sp³-hybridized carbons (Fsp3) is 0.435. The van der Waals surface area contributed by atoms with E-state index in [1.807, 2.05) is 12.1 Å². The molecule has 31 heavy (non-hydrogen) atoms. The number of benzene rings is 2. The SMILES string of the molecule is CC(=O)Nc1ccc(F)cc1OCC(O)CNC1CCN(Cc2ccc(Cl)cc2)CC1. The van der Waals surface area contributed by atoms with Crippen molar-refractivity contribution >= 4 is 23.2 Å². The van der Waals surface area contributed by atoms with E-state index in [4.69, 9.17) is 16.3 Å². The fourth-order valence-electron chi connectivity index (χ4n) is 3.60. The summed E-state index contributed by atoms with van der Waals surface area (Å²) in [6.07, 6.45) is 1.25. The number of carbonyl (C=O) groups excluding carboxylic acids is 1. The fourth-order valence-corrected chi connectivity index (χ4v) is 3.73. The van der Waals surface area contributed by atoms with Crippen LogP contribution in [-0.2, 0) is 11.3 Å². The number of aliphatic hydroxyl groups is 1. The number of hydrogen-bond acceptors (Lipinski definition) is 5. The van der Waals surface area contributed by atoms with Crippen molar-refractivity contribution in [2.45, 2.75) is 38.5 Å². The second-order valence-electron chi connectivity index (χ2n) is 7.87. The zero-order valence-electron chi connectivity index (χ0n) is 17.6. The van der Waals surface area contributed by atoms with Gasteiger partial charge in [0.05, 0.1) is 5.69 Å². The summed E-state index contributed by atoms with van der Waals surface area (Å²) in [4.78, 5) is 13.7. The number of ether oxygens (including phenoxy) is 1. The molecule has 0 radical (unpaired) electrons. The highest BCUT2D eigenvalue weighted by atomic mass is 35.5. The molecule has 1 aliphatic rings. The van der Waals surface area contributed by atoms with Crippen LogP contribution in [0.15, 0.2) is 42.5 Å². The van der Waals surface area contributed by atoms with Gasteiger partial charge in [-0.1, -0.05) is 23.7 Å². The van der Waals surface area contributed by atoms with E-state index in [9.17, 15) is 14.3 Å². The average molecular weight is 450 g/mol. The lowest BCUT2D eigenvalue weighted by Crippen LogP contribution is -2.45. The van der Waals surface area contributed by atoms with Crippen molar-refractivity contribution in [2.24, 2.45) is 0 Å².